The van der Waals surface area contributed by atoms with Gasteiger partial charge in [0.15, 0.2) is 0 Å². The molecule has 1 heteroatoms. The summed E-state index contributed by atoms with van der Waals surface area (Å²) in [4.78, 5) is 2.36. The molecule has 0 aliphatic carbocycles. The zero-order valence-electron chi connectivity index (χ0n) is 7.84. The van der Waals surface area contributed by atoms with Crippen molar-refractivity contribution in [1.29, 1.82) is 0 Å². The molecule has 0 aromatic carbocycles. The maximum atomic E-state index is 5.57. The molecule has 0 saturated carbocycles. The Bertz CT molecular complexity index is 202. The molecule has 1 saturated heterocycles. The molecule has 0 spiro atoms. The van der Waals surface area contributed by atoms with E-state index in [-0.39, 0.29) is 5.54 Å². The summed E-state index contributed by atoms with van der Waals surface area (Å²) in [5, 5.41) is 0. The van der Waals surface area contributed by atoms with Crippen LogP contribution in [0.25, 0.3) is 0 Å². The van der Waals surface area contributed by atoms with E-state index in [0.29, 0.717) is 0 Å². The zero-order valence-corrected chi connectivity index (χ0v) is 7.84. The minimum absolute atomic E-state index is 0.0359. The first-order chi connectivity index (χ1) is 5.79. The molecule has 1 atom stereocenters. The van der Waals surface area contributed by atoms with Crippen LogP contribution in [0.4, 0.5) is 0 Å². The highest BCUT2D eigenvalue weighted by Gasteiger charge is 2.36. The van der Waals surface area contributed by atoms with Crippen molar-refractivity contribution in [3.63, 3.8) is 0 Å². The van der Waals surface area contributed by atoms with Gasteiger partial charge < -0.3 is 0 Å². The highest BCUT2D eigenvalue weighted by atomic mass is 15.2. The SMILES string of the molecule is C#CC1(CC)CCCN1CC=C. The van der Waals surface area contributed by atoms with Gasteiger partial charge in [0.25, 0.3) is 0 Å². The Morgan fingerprint density at radius 3 is 3.00 bits per heavy atom. The first-order valence-electron chi connectivity index (χ1n) is 4.63. The third kappa shape index (κ3) is 1.40. The average molecular weight is 163 g/mol. The average Bonchev–Trinajstić information content (AvgIpc) is 2.50. The maximum Gasteiger partial charge on any atom is 0.0823 e. The van der Waals surface area contributed by atoms with Crippen molar-refractivity contribution in [2.45, 2.75) is 31.7 Å². The van der Waals surface area contributed by atoms with Gasteiger partial charge in [-0.1, -0.05) is 18.9 Å². The van der Waals surface area contributed by atoms with Crippen LogP contribution in [0, 0.1) is 12.3 Å². The highest BCUT2D eigenvalue weighted by Crippen LogP contribution is 2.31. The lowest BCUT2D eigenvalue weighted by molar-refractivity contribution is 0.209. The molecule has 1 nitrogen and oxygen atoms in total. The molecule has 66 valence electrons. The molecule has 1 aliphatic rings. The van der Waals surface area contributed by atoms with Crippen LogP contribution in [-0.2, 0) is 0 Å². The van der Waals surface area contributed by atoms with E-state index in [1.54, 1.807) is 0 Å². The largest absolute Gasteiger partial charge is 0.284 e. The fraction of sp³-hybridized carbons (Fsp3) is 0.636. The minimum atomic E-state index is 0.0359. The van der Waals surface area contributed by atoms with Crippen molar-refractivity contribution < 1.29 is 0 Å². The van der Waals surface area contributed by atoms with Gasteiger partial charge in [-0.15, -0.1) is 13.0 Å². The Hall–Kier alpha value is -0.740. The summed E-state index contributed by atoms with van der Waals surface area (Å²) in [5.41, 5.74) is 0.0359. The second-order valence-electron chi connectivity index (χ2n) is 3.37. The van der Waals surface area contributed by atoms with Crippen LogP contribution in [0.5, 0.6) is 0 Å². The van der Waals surface area contributed by atoms with Gasteiger partial charge in [-0.2, -0.15) is 0 Å². The van der Waals surface area contributed by atoms with E-state index < -0.39 is 0 Å². The molecule has 1 fully saturated rings. The number of nitrogens with zero attached hydrogens (tertiary/aromatic N) is 1. The van der Waals surface area contributed by atoms with Gasteiger partial charge in [-0.05, 0) is 19.3 Å². The first kappa shape index (κ1) is 9.35. The molecule has 0 bridgehead atoms. The Kier molecular flexibility index (Phi) is 2.94. The van der Waals surface area contributed by atoms with Crippen molar-refractivity contribution in [2.75, 3.05) is 13.1 Å². The van der Waals surface area contributed by atoms with Crippen LogP contribution >= 0.6 is 0 Å². The fourth-order valence-corrected chi connectivity index (χ4v) is 2.02. The van der Waals surface area contributed by atoms with E-state index >= 15 is 0 Å². The Morgan fingerprint density at radius 2 is 2.50 bits per heavy atom. The van der Waals surface area contributed by atoms with E-state index in [4.69, 9.17) is 6.42 Å². The fourth-order valence-electron chi connectivity index (χ4n) is 2.02. The number of hydrogen-bond acceptors (Lipinski definition) is 1. The molecule has 1 rings (SSSR count). The van der Waals surface area contributed by atoms with Crippen LogP contribution in [0.3, 0.4) is 0 Å². The molecule has 0 aromatic rings. The summed E-state index contributed by atoms with van der Waals surface area (Å²) in [6.07, 6.45) is 10.9. The van der Waals surface area contributed by atoms with E-state index in [1.807, 2.05) is 6.08 Å². The Labute approximate surface area is 75.5 Å². The van der Waals surface area contributed by atoms with Gasteiger partial charge in [0.2, 0.25) is 0 Å². The normalized spacial score (nSPS) is 30.0. The molecule has 0 radical (unpaired) electrons. The standard InChI is InChI=1S/C11H17N/c1-4-9-12-10-7-8-11(12,5-2)6-3/h2,4H,1,6-10H2,3H3. The first-order valence-corrected chi connectivity index (χ1v) is 4.63. The lowest BCUT2D eigenvalue weighted by atomic mass is 9.94. The minimum Gasteiger partial charge on any atom is -0.284 e. The monoisotopic (exact) mass is 163 g/mol. The molecule has 1 aliphatic heterocycles. The van der Waals surface area contributed by atoms with E-state index in [2.05, 4.69) is 24.3 Å². The second-order valence-corrected chi connectivity index (χ2v) is 3.37. The van der Waals surface area contributed by atoms with Crippen LogP contribution in [-0.4, -0.2) is 23.5 Å². The molecule has 1 unspecified atom stereocenters. The van der Waals surface area contributed by atoms with Gasteiger partial charge in [-0.25, -0.2) is 0 Å². The molecule has 0 aromatic heterocycles. The summed E-state index contributed by atoms with van der Waals surface area (Å²) >= 11 is 0. The third-order valence-electron chi connectivity index (χ3n) is 2.83. The maximum absolute atomic E-state index is 5.57. The predicted molar refractivity (Wildman–Crippen MR) is 52.9 cm³/mol. The van der Waals surface area contributed by atoms with Gasteiger partial charge in [-0.3, -0.25) is 4.90 Å². The van der Waals surface area contributed by atoms with Crippen molar-refractivity contribution in [1.82, 2.24) is 4.90 Å². The second kappa shape index (κ2) is 3.78. The number of rotatable bonds is 3. The molecular weight excluding hydrogens is 146 g/mol. The summed E-state index contributed by atoms with van der Waals surface area (Å²) < 4.78 is 0. The summed E-state index contributed by atoms with van der Waals surface area (Å²) in [7, 11) is 0. The molecule has 0 amide bonds. The lowest BCUT2D eigenvalue weighted by Gasteiger charge is -2.32. The lowest BCUT2D eigenvalue weighted by Crippen LogP contribution is -2.41. The smallest absolute Gasteiger partial charge is 0.0823 e. The molecular formula is C11H17N. The van der Waals surface area contributed by atoms with Gasteiger partial charge in [0.05, 0.1) is 5.54 Å². The van der Waals surface area contributed by atoms with Crippen LogP contribution < -0.4 is 0 Å². The topological polar surface area (TPSA) is 3.24 Å². The Morgan fingerprint density at radius 1 is 1.75 bits per heavy atom. The quantitative estimate of drug-likeness (QED) is 0.454. The van der Waals surface area contributed by atoms with Crippen LogP contribution in [0.15, 0.2) is 12.7 Å². The molecule has 12 heavy (non-hydrogen) atoms. The molecule has 0 N–H and O–H groups in total. The van der Waals surface area contributed by atoms with Gasteiger partial charge >= 0.3 is 0 Å². The van der Waals surface area contributed by atoms with Crippen molar-refractivity contribution in [3.8, 4) is 12.3 Å². The van der Waals surface area contributed by atoms with Crippen molar-refractivity contribution in [3.05, 3.63) is 12.7 Å². The van der Waals surface area contributed by atoms with Crippen LogP contribution in [0.2, 0.25) is 0 Å². The number of hydrogen-bond donors (Lipinski definition) is 0. The summed E-state index contributed by atoms with van der Waals surface area (Å²) in [6.45, 7) is 7.97. The van der Waals surface area contributed by atoms with Crippen molar-refractivity contribution in [2.24, 2.45) is 0 Å². The highest BCUT2D eigenvalue weighted by molar-refractivity contribution is 5.16. The number of likely N-dealkylation sites (tertiary alicyclic amines) is 1. The van der Waals surface area contributed by atoms with Crippen molar-refractivity contribution >= 4 is 0 Å². The number of terminal acetylenes is 1. The third-order valence-corrected chi connectivity index (χ3v) is 2.83. The van der Waals surface area contributed by atoms with E-state index in [0.717, 1.165) is 25.9 Å². The van der Waals surface area contributed by atoms with Gasteiger partial charge in [0.1, 0.15) is 0 Å². The van der Waals surface area contributed by atoms with E-state index in [9.17, 15) is 0 Å². The zero-order chi connectivity index (χ0) is 9.03. The summed E-state index contributed by atoms with van der Waals surface area (Å²) in [5.74, 6) is 2.94. The predicted octanol–water partition coefficient (Wildman–Crippen LogP) is 2.05. The van der Waals surface area contributed by atoms with E-state index in [1.165, 1.54) is 6.42 Å². The molecule has 1 heterocycles. The Balaban J connectivity index is 2.73. The summed E-state index contributed by atoms with van der Waals surface area (Å²) in [6, 6.07) is 0. The van der Waals surface area contributed by atoms with Gasteiger partial charge in [0, 0.05) is 13.1 Å². The van der Waals surface area contributed by atoms with Crippen LogP contribution in [0.1, 0.15) is 26.2 Å².